The highest BCUT2D eigenvalue weighted by molar-refractivity contribution is 7.99. The van der Waals surface area contributed by atoms with Gasteiger partial charge in [0.15, 0.2) is 0 Å². The Hall–Kier alpha value is -4.34. The minimum Gasteiger partial charge on any atom is -0.481 e. The van der Waals surface area contributed by atoms with E-state index in [9.17, 15) is 29.5 Å². The lowest BCUT2D eigenvalue weighted by molar-refractivity contribution is -0.144. The maximum atomic E-state index is 13.0. The Balaban J connectivity index is 1.37. The molecule has 0 saturated heterocycles. The van der Waals surface area contributed by atoms with Crippen LogP contribution in [0.15, 0.2) is 57.8 Å². The van der Waals surface area contributed by atoms with Gasteiger partial charge in [-0.2, -0.15) is 5.26 Å². The maximum absolute atomic E-state index is 13.0. The topological polar surface area (TPSA) is 160 Å². The maximum Gasteiger partial charge on any atom is 0.320 e. The van der Waals surface area contributed by atoms with Crippen molar-refractivity contribution in [3.63, 3.8) is 0 Å². The number of nitriles is 1. The Morgan fingerprint density at radius 2 is 1.52 bits per heavy atom. The van der Waals surface area contributed by atoms with Crippen LogP contribution in [0.4, 0.5) is 11.4 Å². The van der Waals surface area contributed by atoms with Crippen LogP contribution in [-0.2, 0) is 23.9 Å². The molecule has 0 saturated carbocycles. The lowest BCUT2D eigenvalue weighted by Crippen LogP contribution is -2.42. The van der Waals surface area contributed by atoms with Crippen molar-refractivity contribution in [2.24, 2.45) is 5.92 Å². The Kier molecular flexibility index (Phi) is 23.3. The van der Waals surface area contributed by atoms with Crippen molar-refractivity contribution in [3.8, 4) is 6.07 Å². The van der Waals surface area contributed by atoms with Crippen LogP contribution < -0.4 is 10.2 Å². The van der Waals surface area contributed by atoms with Crippen LogP contribution in [-0.4, -0.2) is 78.3 Å². The van der Waals surface area contributed by atoms with E-state index in [1.807, 2.05) is 11.0 Å². The first kappa shape index (κ1) is 48.0. The van der Waals surface area contributed by atoms with E-state index < -0.39 is 18.0 Å². The van der Waals surface area contributed by atoms with Crippen molar-refractivity contribution in [2.75, 3.05) is 37.7 Å². The summed E-state index contributed by atoms with van der Waals surface area (Å²) < 4.78 is 4.73. The number of benzene rings is 2. The first-order chi connectivity index (χ1) is 28.2. The van der Waals surface area contributed by atoms with E-state index >= 15 is 0 Å². The molecule has 0 bridgehead atoms. The largest absolute Gasteiger partial charge is 0.481 e. The first-order valence-corrected chi connectivity index (χ1v) is 22.4. The summed E-state index contributed by atoms with van der Waals surface area (Å²) in [4.78, 5) is 53.1. The van der Waals surface area contributed by atoms with E-state index in [4.69, 9.17) is 9.84 Å². The fourth-order valence-corrected chi connectivity index (χ4v) is 8.62. The molecular formula is C46H66N4O7S. The number of ether oxygens (including phenoxy) is 1. The number of para-hydroxylation sites is 1. The number of unbranched alkanes of at least 4 members (excludes halogenated alkanes) is 11. The highest BCUT2D eigenvalue weighted by Gasteiger charge is 2.27. The van der Waals surface area contributed by atoms with Gasteiger partial charge in [-0.1, -0.05) is 108 Å². The quantitative estimate of drug-likeness (QED) is 0.0279. The van der Waals surface area contributed by atoms with Gasteiger partial charge in [-0.3, -0.25) is 24.1 Å². The molecule has 2 atom stereocenters. The second-order valence-electron chi connectivity index (χ2n) is 15.3. The number of carboxylic acid groups (broad SMARTS) is 2. The van der Waals surface area contributed by atoms with Gasteiger partial charge in [0.25, 0.3) is 12.4 Å². The number of nitrogens with one attached hydrogen (secondary N) is 1. The highest BCUT2D eigenvalue weighted by atomic mass is 32.2. The summed E-state index contributed by atoms with van der Waals surface area (Å²) in [5.74, 6) is -1.74. The van der Waals surface area contributed by atoms with Crippen LogP contribution in [0.2, 0.25) is 0 Å². The van der Waals surface area contributed by atoms with Crippen molar-refractivity contribution in [1.82, 2.24) is 10.2 Å². The van der Waals surface area contributed by atoms with Crippen molar-refractivity contribution < 1.29 is 34.1 Å². The summed E-state index contributed by atoms with van der Waals surface area (Å²) in [6, 6.07) is 16.0. The van der Waals surface area contributed by atoms with Crippen LogP contribution >= 0.6 is 11.8 Å². The molecule has 1 aliphatic heterocycles. The summed E-state index contributed by atoms with van der Waals surface area (Å²) in [5, 5.41) is 31.7. The van der Waals surface area contributed by atoms with Crippen LogP contribution in [0.1, 0.15) is 135 Å². The molecule has 1 amide bonds. The average molecular weight is 819 g/mol. The van der Waals surface area contributed by atoms with Gasteiger partial charge in [-0.05, 0) is 99.9 Å². The number of carboxylic acids is 2. The average Bonchev–Trinajstić information content (AvgIpc) is 3.21. The van der Waals surface area contributed by atoms with E-state index in [1.165, 1.54) is 35.5 Å². The second-order valence-corrected chi connectivity index (χ2v) is 16.4. The molecule has 0 aromatic heterocycles. The van der Waals surface area contributed by atoms with E-state index in [-0.39, 0.29) is 24.3 Å². The van der Waals surface area contributed by atoms with Gasteiger partial charge >= 0.3 is 11.9 Å². The highest BCUT2D eigenvalue weighted by Crippen LogP contribution is 2.49. The molecule has 1 aliphatic rings. The van der Waals surface area contributed by atoms with Crippen molar-refractivity contribution in [3.05, 3.63) is 53.6 Å². The normalized spacial score (nSPS) is 13.3. The SMILES string of the molecule is CCCCC(CC)CN1c2ccccc2Sc2cc(C=C(C#N)C(=O)NCCCCCCCCCCCN(CCCCCOC=O)C(CCC(=O)O)C(=O)O)ccc21. The smallest absolute Gasteiger partial charge is 0.320 e. The van der Waals surface area contributed by atoms with Crippen LogP contribution in [0.3, 0.4) is 0 Å². The molecule has 2 aromatic carbocycles. The third kappa shape index (κ3) is 17.3. The predicted octanol–water partition coefficient (Wildman–Crippen LogP) is 10.0. The standard InChI is InChI=1S/C46H66N4O7S/c1-3-5-20-36(4-2)34-50-39-21-14-15-22-42(39)58-43-32-37(23-24-40(43)50)31-38(33-47)45(54)48-27-16-11-9-7-6-8-10-12-17-28-49(29-18-13-19-30-57-35-51)41(46(55)56)25-26-44(52)53/h14-15,21-24,31-32,35-36,41H,3-13,16-20,25-30,34H2,1-2H3,(H,48,54)(H,52,53)(H,55,56). The summed E-state index contributed by atoms with van der Waals surface area (Å²) in [5.41, 5.74) is 3.35. The summed E-state index contributed by atoms with van der Waals surface area (Å²) in [6.07, 6.45) is 17.7. The molecule has 3 rings (SSSR count). The number of hydrogen-bond acceptors (Lipinski definition) is 9. The van der Waals surface area contributed by atoms with Crippen molar-refractivity contribution >= 4 is 53.5 Å². The second kappa shape index (κ2) is 28.1. The molecule has 12 heteroatoms. The summed E-state index contributed by atoms with van der Waals surface area (Å²) in [6.45, 7) is 7.93. The zero-order chi connectivity index (χ0) is 42.0. The molecule has 11 nitrogen and oxygen atoms in total. The molecular weight excluding hydrogens is 753 g/mol. The van der Waals surface area contributed by atoms with Gasteiger partial charge in [0.05, 0.1) is 18.0 Å². The molecule has 0 radical (unpaired) electrons. The van der Waals surface area contributed by atoms with Gasteiger partial charge in [-0.25, -0.2) is 0 Å². The van der Waals surface area contributed by atoms with Gasteiger partial charge in [0, 0.05) is 29.3 Å². The Morgan fingerprint density at radius 1 is 0.862 bits per heavy atom. The molecule has 2 aromatic rings. The Morgan fingerprint density at radius 3 is 2.16 bits per heavy atom. The van der Waals surface area contributed by atoms with E-state index in [2.05, 4.69) is 66.5 Å². The van der Waals surface area contributed by atoms with Crippen LogP contribution in [0, 0.1) is 17.2 Å². The summed E-state index contributed by atoms with van der Waals surface area (Å²) in [7, 11) is 0. The zero-order valence-electron chi connectivity index (χ0n) is 34.8. The minimum atomic E-state index is -1.000. The third-order valence-electron chi connectivity index (χ3n) is 10.9. The molecule has 0 spiro atoms. The predicted molar refractivity (Wildman–Crippen MR) is 231 cm³/mol. The van der Waals surface area contributed by atoms with Gasteiger partial charge in [0.1, 0.15) is 17.7 Å². The monoisotopic (exact) mass is 818 g/mol. The van der Waals surface area contributed by atoms with E-state index in [0.29, 0.717) is 45.1 Å². The van der Waals surface area contributed by atoms with Crippen molar-refractivity contribution in [2.45, 2.75) is 145 Å². The fourth-order valence-electron chi connectivity index (χ4n) is 7.47. The Bertz CT molecular complexity index is 1640. The molecule has 3 N–H and O–H groups in total. The number of aliphatic carboxylic acids is 2. The third-order valence-corrected chi connectivity index (χ3v) is 12.0. The first-order valence-electron chi connectivity index (χ1n) is 21.5. The number of nitrogens with zero attached hydrogens (tertiary/aromatic N) is 3. The molecule has 58 heavy (non-hydrogen) atoms. The number of hydrogen-bond donors (Lipinski definition) is 3. The number of carbonyl (C=O) groups is 4. The molecule has 2 unspecified atom stereocenters. The number of rotatable bonds is 32. The van der Waals surface area contributed by atoms with Crippen LogP contribution in [0.5, 0.6) is 0 Å². The lowest BCUT2D eigenvalue weighted by atomic mass is 9.98. The number of amides is 1. The summed E-state index contributed by atoms with van der Waals surface area (Å²) >= 11 is 1.74. The fraction of sp³-hybridized carbons (Fsp3) is 0.587. The van der Waals surface area contributed by atoms with Crippen LogP contribution in [0.25, 0.3) is 6.08 Å². The van der Waals surface area contributed by atoms with E-state index in [1.54, 1.807) is 17.8 Å². The molecule has 0 fully saturated rings. The molecule has 0 aliphatic carbocycles. The number of anilines is 2. The molecule has 318 valence electrons. The molecule has 1 heterocycles. The van der Waals surface area contributed by atoms with Gasteiger partial charge in [0.2, 0.25) is 0 Å². The van der Waals surface area contributed by atoms with Crippen molar-refractivity contribution in [1.29, 1.82) is 5.26 Å². The number of fused-ring (bicyclic) bond motifs is 2. The minimum absolute atomic E-state index is 0.0709. The Labute approximate surface area is 350 Å². The van der Waals surface area contributed by atoms with Gasteiger partial charge in [-0.15, -0.1) is 0 Å². The number of carbonyl (C=O) groups excluding carboxylic acids is 2. The van der Waals surface area contributed by atoms with E-state index in [0.717, 1.165) is 94.1 Å². The zero-order valence-corrected chi connectivity index (χ0v) is 35.6. The lowest BCUT2D eigenvalue weighted by Gasteiger charge is -2.35. The van der Waals surface area contributed by atoms with Gasteiger partial charge < -0.3 is 25.2 Å².